The average Bonchev–Trinajstić information content (AvgIpc) is 2.26. The standard InChI is InChI=1S/C12H12Cl2O2S/c13-7-4-9-8(10(14)5-7)2-1-3-11(9)17-6-12(15)16/h4-5,11H,1-3,6H2,(H,15,16). The predicted octanol–water partition coefficient (Wildman–Crippen LogP) is 4.19. The maximum atomic E-state index is 10.6. The average molecular weight is 291 g/mol. The molecule has 0 aromatic heterocycles. The van der Waals surface area contributed by atoms with Crippen molar-refractivity contribution in [3.63, 3.8) is 0 Å². The third-order valence-corrected chi connectivity index (χ3v) is 4.70. The van der Waals surface area contributed by atoms with Crippen molar-refractivity contribution in [3.8, 4) is 0 Å². The SMILES string of the molecule is O=C(O)CSC1CCCc2c(Cl)cc(Cl)cc21. The third-order valence-electron chi connectivity index (χ3n) is 2.84. The monoisotopic (exact) mass is 290 g/mol. The van der Waals surface area contributed by atoms with Gasteiger partial charge >= 0.3 is 5.97 Å². The van der Waals surface area contributed by atoms with E-state index in [-0.39, 0.29) is 11.0 Å². The van der Waals surface area contributed by atoms with Gasteiger partial charge in [0.25, 0.3) is 0 Å². The molecule has 2 rings (SSSR count). The number of aliphatic carboxylic acids is 1. The van der Waals surface area contributed by atoms with Gasteiger partial charge in [0.1, 0.15) is 0 Å². The zero-order valence-electron chi connectivity index (χ0n) is 9.08. The number of hydrogen-bond acceptors (Lipinski definition) is 2. The topological polar surface area (TPSA) is 37.3 Å². The molecule has 0 heterocycles. The number of halogens is 2. The Balaban J connectivity index is 2.27. The van der Waals surface area contributed by atoms with E-state index in [4.69, 9.17) is 28.3 Å². The van der Waals surface area contributed by atoms with Crippen molar-refractivity contribution in [2.75, 3.05) is 5.75 Å². The van der Waals surface area contributed by atoms with Crippen LogP contribution < -0.4 is 0 Å². The molecular weight excluding hydrogens is 279 g/mol. The summed E-state index contributed by atoms with van der Waals surface area (Å²) in [5.41, 5.74) is 2.24. The minimum Gasteiger partial charge on any atom is -0.481 e. The molecule has 0 spiro atoms. The highest BCUT2D eigenvalue weighted by atomic mass is 35.5. The third kappa shape index (κ3) is 3.09. The molecule has 1 atom stereocenters. The summed E-state index contributed by atoms with van der Waals surface area (Å²) in [5.74, 6) is -0.663. The van der Waals surface area contributed by atoms with Crippen LogP contribution in [0.1, 0.15) is 29.2 Å². The van der Waals surface area contributed by atoms with Crippen molar-refractivity contribution in [3.05, 3.63) is 33.3 Å². The lowest BCUT2D eigenvalue weighted by Crippen LogP contribution is -2.10. The molecule has 1 aromatic carbocycles. The predicted molar refractivity (Wildman–Crippen MR) is 72.2 cm³/mol. The van der Waals surface area contributed by atoms with Crippen LogP contribution >= 0.6 is 35.0 Å². The number of carboxylic acids is 1. The zero-order valence-corrected chi connectivity index (χ0v) is 11.4. The number of rotatable bonds is 3. The number of carboxylic acid groups (broad SMARTS) is 1. The van der Waals surface area contributed by atoms with Gasteiger partial charge in [0, 0.05) is 15.3 Å². The Morgan fingerprint density at radius 1 is 1.47 bits per heavy atom. The van der Waals surface area contributed by atoms with Crippen LogP contribution in [-0.2, 0) is 11.2 Å². The highest BCUT2D eigenvalue weighted by Gasteiger charge is 2.23. The Morgan fingerprint density at radius 2 is 2.24 bits per heavy atom. The van der Waals surface area contributed by atoms with Crippen LogP contribution in [-0.4, -0.2) is 16.8 Å². The molecular formula is C12H12Cl2O2S. The quantitative estimate of drug-likeness (QED) is 0.907. The van der Waals surface area contributed by atoms with Crippen molar-refractivity contribution in [2.45, 2.75) is 24.5 Å². The summed E-state index contributed by atoms with van der Waals surface area (Å²) in [6, 6.07) is 3.67. The summed E-state index contributed by atoms with van der Waals surface area (Å²) in [5, 5.41) is 10.3. The van der Waals surface area contributed by atoms with Crippen LogP contribution in [0, 0.1) is 0 Å². The van der Waals surface area contributed by atoms with Gasteiger partial charge in [-0.2, -0.15) is 0 Å². The molecule has 17 heavy (non-hydrogen) atoms. The van der Waals surface area contributed by atoms with Crippen LogP contribution in [0.5, 0.6) is 0 Å². The molecule has 5 heteroatoms. The molecule has 0 aliphatic heterocycles. The molecule has 1 N–H and O–H groups in total. The highest BCUT2D eigenvalue weighted by Crippen LogP contribution is 2.43. The lowest BCUT2D eigenvalue weighted by molar-refractivity contribution is -0.133. The second-order valence-electron chi connectivity index (χ2n) is 4.04. The largest absolute Gasteiger partial charge is 0.481 e. The van der Waals surface area contributed by atoms with E-state index in [9.17, 15) is 4.79 Å². The maximum absolute atomic E-state index is 10.6. The van der Waals surface area contributed by atoms with Crippen LogP contribution in [0.3, 0.4) is 0 Å². The summed E-state index contributed by atoms with van der Waals surface area (Å²) >= 11 is 13.6. The van der Waals surface area contributed by atoms with E-state index in [0.29, 0.717) is 10.0 Å². The van der Waals surface area contributed by atoms with Gasteiger partial charge in [-0.15, -0.1) is 11.8 Å². The smallest absolute Gasteiger partial charge is 0.313 e. The Bertz CT molecular complexity index is 448. The molecule has 0 saturated heterocycles. The van der Waals surface area contributed by atoms with Gasteiger partial charge in [0.05, 0.1) is 5.75 Å². The van der Waals surface area contributed by atoms with E-state index < -0.39 is 5.97 Å². The summed E-state index contributed by atoms with van der Waals surface area (Å²) in [4.78, 5) is 10.6. The zero-order chi connectivity index (χ0) is 12.4. The van der Waals surface area contributed by atoms with Gasteiger partial charge in [-0.25, -0.2) is 0 Å². The molecule has 0 amide bonds. The molecule has 92 valence electrons. The Morgan fingerprint density at radius 3 is 2.94 bits per heavy atom. The number of hydrogen-bond donors (Lipinski definition) is 1. The molecule has 0 saturated carbocycles. The van der Waals surface area contributed by atoms with Crippen molar-refractivity contribution in [1.29, 1.82) is 0 Å². The van der Waals surface area contributed by atoms with E-state index in [0.717, 1.165) is 30.4 Å². The molecule has 0 fully saturated rings. The van der Waals surface area contributed by atoms with Gasteiger partial charge in [-0.1, -0.05) is 23.2 Å². The minimum atomic E-state index is -0.782. The summed E-state index contributed by atoms with van der Waals surface area (Å²) in [6.45, 7) is 0. The molecule has 0 radical (unpaired) electrons. The number of benzene rings is 1. The van der Waals surface area contributed by atoms with Crippen molar-refractivity contribution in [1.82, 2.24) is 0 Å². The molecule has 1 unspecified atom stereocenters. The van der Waals surface area contributed by atoms with Gasteiger partial charge in [0.2, 0.25) is 0 Å². The van der Waals surface area contributed by atoms with E-state index in [1.807, 2.05) is 6.07 Å². The van der Waals surface area contributed by atoms with Crippen molar-refractivity contribution in [2.24, 2.45) is 0 Å². The van der Waals surface area contributed by atoms with E-state index >= 15 is 0 Å². The van der Waals surface area contributed by atoms with Crippen LogP contribution in [0.25, 0.3) is 0 Å². The van der Waals surface area contributed by atoms with Crippen molar-refractivity contribution >= 4 is 40.9 Å². The fraction of sp³-hybridized carbons (Fsp3) is 0.417. The Kier molecular flexibility index (Phi) is 4.23. The second-order valence-corrected chi connectivity index (χ2v) is 6.08. The first-order valence-electron chi connectivity index (χ1n) is 5.39. The molecule has 1 aromatic rings. The fourth-order valence-corrected chi connectivity index (χ4v) is 3.81. The number of thioether (sulfide) groups is 1. The first-order chi connectivity index (χ1) is 8.08. The molecule has 0 bridgehead atoms. The van der Waals surface area contributed by atoms with Crippen LogP contribution in [0.4, 0.5) is 0 Å². The van der Waals surface area contributed by atoms with Crippen LogP contribution in [0.15, 0.2) is 12.1 Å². The first-order valence-corrected chi connectivity index (χ1v) is 7.19. The number of carbonyl (C=O) groups is 1. The Hall–Kier alpha value is -0.380. The summed E-state index contributed by atoms with van der Waals surface area (Å²) < 4.78 is 0. The van der Waals surface area contributed by atoms with Gasteiger partial charge < -0.3 is 5.11 Å². The normalized spacial score (nSPS) is 18.8. The first kappa shape index (κ1) is 13.1. The van der Waals surface area contributed by atoms with Crippen LogP contribution in [0.2, 0.25) is 10.0 Å². The van der Waals surface area contributed by atoms with E-state index in [1.54, 1.807) is 6.07 Å². The highest BCUT2D eigenvalue weighted by molar-refractivity contribution is 8.00. The summed E-state index contributed by atoms with van der Waals surface area (Å²) in [7, 11) is 0. The van der Waals surface area contributed by atoms with Crippen molar-refractivity contribution < 1.29 is 9.90 Å². The van der Waals surface area contributed by atoms with Gasteiger partial charge in [-0.3, -0.25) is 4.79 Å². The lowest BCUT2D eigenvalue weighted by atomic mass is 9.91. The van der Waals surface area contributed by atoms with Gasteiger partial charge in [0.15, 0.2) is 0 Å². The molecule has 1 aliphatic carbocycles. The maximum Gasteiger partial charge on any atom is 0.313 e. The fourth-order valence-electron chi connectivity index (χ4n) is 2.14. The van der Waals surface area contributed by atoms with Gasteiger partial charge in [-0.05, 0) is 42.5 Å². The summed E-state index contributed by atoms with van der Waals surface area (Å²) in [6.07, 6.45) is 2.99. The Labute approximate surface area is 114 Å². The lowest BCUT2D eigenvalue weighted by Gasteiger charge is -2.25. The minimum absolute atomic E-state index is 0.119. The number of fused-ring (bicyclic) bond motifs is 1. The van der Waals surface area contributed by atoms with E-state index in [2.05, 4.69) is 0 Å². The molecule has 1 aliphatic rings. The molecule has 2 nitrogen and oxygen atoms in total. The second kappa shape index (κ2) is 5.51. The van der Waals surface area contributed by atoms with E-state index in [1.165, 1.54) is 11.8 Å².